The molecule has 0 aliphatic carbocycles. The van der Waals surface area contributed by atoms with E-state index in [0.717, 1.165) is 13.0 Å². The molecule has 5 heteroatoms. The molecule has 104 valence electrons. The summed E-state index contributed by atoms with van der Waals surface area (Å²) in [5.41, 5.74) is -0.138. The third-order valence-corrected chi connectivity index (χ3v) is 3.61. The number of aryl methyl sites for hydroxylation is 1. The molecular formula is C14H21N3O2. The van der Waals surface area contributed by atoms with Crippen molar-refractivity contribution in [2.24, 2.45) is 0 Å². The zero-order chi connectivity index (χ0) is 14.0. The number of aromatic nitrogens is 1. The number of carbonyl (C=O) groups excluding carboxylic acids is 2. The van der Waals surface area contributed by atoms with Crippen LogP contribution in [0.3, 0.4) is 0 Å². The van der Waals surface area contributed by atoms with Gasteiger partial charge in [-0.15, -0.1) is 0 Å². The largest absolute Gasteiger partial charge is 0.352 e. The van der Waals surface area contributed by atoms with E-state index in [4.69, 9.17) is 0 Å². The number of hydrogen-bond acceptors (Lipinski definition) is 2. The van der Waals surface area contributed by atoms with Gasteiger partial charge in [0, 0.05) is 25.8 Å². The molecule has 1 N–H and O–H groups in total. The van der Waals surface area contributed by atoms with Crippen molar-refractivity contribution in [3.8, 4) is 0 Å². The van der Waals surface area contributed by atoms with Crippen LogP contribution in [-0.2, 0) is 11.3 Å². The molecule has 2 rings (SSSR count). The maximum absolute atomic E-state index is 12.6. The second-order valence-corrected chi connectivity index (χ2v) is 5.36. The van der Waals surface area contributed by atoms with E-state index in [1.165, 1.54) is 0 Å². The van der Waals surface area contributed by atoms with Crippen LogP contribution in [0, 0.1) is 0 Å². The van der Waals surface area contributed by atoms with Crippen LogP contribution in [0.1, 0.15) is 37.7 Å². The van der Waals surface area contributed by atoms with Crippen molar-refractivity contribution >= 4 is 11.8 Å². The summed E-state index contributed by atoms with van der Waals surface area (Å²) in [5.74, 6) is -0.168. The topological polar surface area (TPSA) is 54.3 Å². The minimum absolute atomic E-state index is 0.0710. The van der Waals surface area contributed by atoms with Gasteiger partial charge in [0.05, 0.1) is 0 Å². The van der Waals surface area contributed by atoms with Crippen molar-refractivity contribution in [1.82, 2.24) is 14.8 Å². The van der Waals surface area contributed by atoms with Gasteiger partial charge in [0.2, 0.25) is 5.91 Å². The van der Waals surface area contributed by atoms with Crippen LogP contribution in [0.2, 0.25) is 0 Å². The zero-order valence-electron chi connectivity index (χ0n) is 11.8. The summed E-state index contributed by atoms with van der Waals surface area (Å²) < 4.78 is 1.95. The molecule has 0 bridgehead atoms. The summed E-state index contributed by atoms with van der Waals surface area (Å²) in [6, 6.07) is 3.69. The van der Waals surface area contributed by atoms with Gasteiger partial charge in [0.15, 0.2) is 0 Å². The molecule has 1 aliphatic heterocycles. The smallest absolute Gasteiger partial charge is 0.271 e. The van der Waals surface area contributed by atoms with E-state index >= 15 is 0 Å². The van der Waals surface area contributed by atoms with E-state index in [0.29, 0.717) is 18.8 Å². The van der Waals surface area contributed by atoms with Crippen LogP contribution in [-0.4, -0.2) is 39.9 Å². The van der Waals surface area contributed by atoms with Crippen molar-refractivity contribution in [1.29, 1.82) is 0 Å². The van der Waals surface area contributed by atoms with Crippen LogP contribution < -0.4 is 5.32 Å². The molecule has 0 radical (unpaired) electrons. The van der Waals surface area contributed by atoms with E-state index in [9.17, 15) is 9.59 Å². The van der Waals surface area contributed by atoms with Gasteiger partial charge in [0.25, 0.3) is 5.91 Å². The minimum atomic E-state index is -0.795. The number of hydrogen-bond donors (Lipinski definition) is 1. The summed E-state index contributed by atoms with van der Waals surface area (Å²) in [6.45, 7) is 7.53. The molecular weight excluding hydrogens is 242 g/mol. The highest BCUT2D eigenvalue weighted by molar-refractivity contribution is 5.98. The van der Waals surface area contributed by atoms with Gasteiger partial charge in [-0.2, -0.15) is 0 Å². The van der Waals surface area contributed by atoms with Crippen LogP contribution in [0.4, 0.5) is 0 Å². The molecule has 1 aromatic rings. The molecule has 0 saturated carbocycles. The Morgan fingerprint density at radius 1 is 1.47 bits per heavy atom. The lowest BCUT2D eigenvalue weighted by atomic mass is 9.98. The molecule has 1 fully saturated rings. The van der Waals surface area contributed by atoms with Crippen LogP contribution >= 0.6 is 0 Å². The first-order chi connectivity index (χ1) is 8.98. The van der Waals surface area contributed by atoms with Crippen molar-refractivity contribution in [2.45, 2.75) is 39.3 Å². The third-order valence-electron chi connectivity index (χ3n) is 3.61. The molecule has 0 spiro atoms. The summed E-state index contributed by atoms with van der Waals surface area (Å²) in [7, 11) is 0. The van der Waals surface area contributed by atoms with Gasteiger partial charge in [0.1, 0.15) is 11.2 Å². The van der Waals surface area contributed by atoms with E-state index in [2.05, 4.69) is 12.2 Å². The monoisotopic (exact) mass is 263 g/mol. The fourth-order valence-electron chi connectivity index (χ4n) is 2.44. The molecule has 0 aromatic carbocycles. The number of nitrogens with zero attached hydrogens (tertiary/aromatic N) is 2. The highest BCUT2D eigenvalue weighted by Crippen LogP contribution is 2.21. The molecule has 0 atom stereocenters. The Hall–Kier alpha value is -1.78. The van der Waals surface area contributed by atoms with Gasteiger partial charge in [-0.25, -0.2) is 0 Å². The first-order valence-corrected chi connectivity index (χ1v) is 6.74. The summed E-state index contributed by atoms with van der Waals surface area (Å²) in [4.78, 5) is 26.2. The van der Waals surface area contributed by atoms with Crippen molar-refractivity contribution in [3.63, 3.8) is 0 Å². The SMILES string of the molecule is CCCn1cccc1C(=O)N1CCNC(=O)C1(C)C. The van der Waals surface area contributed by atoms with Gasteiger partial charge in [-0.1, -0.05) is 6.92 Å². The molecule has 2 heterocycles. The van der Waals surface area contributed by atoms with Crippen molar-refractivity contribution in [3.05, 3.63) is 24.0 Å². The van der Waals surface area contributed by atoms with Crippen LogP contribution in [0.15, 0.2) is 18.3 Å². The third kappa shape index (κ3) is 2.37. The van der Waals surface area contributed by atoms with Crippen LogP contribution in [0.25, 0.3) is 0 Å². The number of rotatable bonds is 3. The molecule has 1 aromatic heterocycles. The predicted octanol–water partition coefficient (Wildman–Crippen LogP) is 1.25. The first-order valence-electron chi connectivity index (χ1n) is 6.74. The molecule has 2 amide bonds. The summed E-state index contributed by atoms with van der Waals surface area (Å²) >= 11 is 0. The first kappa shape index (κ1) is 13.6. The summed E-state index contributed by atoms with van der Waals surface area (Å²) in [5, 5.41) is 2.80. The Morgan fingerprint density at radius 3 is 2.89 bits per heavy atom. The molecule has 1 aliphatic rings. The van der Waals surface area contributed by atoms with E-state index in [1.807, 2.05) is 22.9 Å². The van der Waals surface area contributed by atoms with Gasteiger partial charge in [-0.05, 0) is 32.4 Å². The Kier molecular flexibility index (Phi) is 3.64. The quantitative estimate of drug-likeness (QED) is 0.892. The van der Waals surface area contributed by atoms with E-state index in [1.54, 1.807) is 18.7 Å². The Bertz CT molecular complexity index is 491. The van der Waals surface area contributed by atoms with Crippen molar-refractivity contribution < 1.29 is 9.59 Å². The van der Waals surface area contributed by atoms with Crippen LogP contribution in [0.5, 0.6) is 0 Å². The Balaban J connectivity index is 2.28. The number of amides is 2. The highest BCUT2D eigenvalue weighted by atomic mass is 16.2. The standard InChI is InChI=1S/C14H21N3O2/c1-4-8-16-9-5-6-11(16)12(18)17-10-7-15-13(19)14(17,2)3/h5-6,9H,4,7-8,10H2,1-3H3,(H,15,19). The highest BCUT2D eigenvalue weighted by Gasteiger charge is 2.41. The Morgan fingerprint density at radius 2 is 2.21 bits per heavy atom. The maximum Gasteiger partial charge on any atom is 0.271 e. The number of piperazine rings is 1. The number of carbonyl (C=O) groups is 2. The van der Waals surface area contributed by atoms with E-state index < -0.39 is 5.54 Å². The number of nitrogens with one attached hydrogen (secondary N) is 1. The normalized spacial score (nSPS) is 18.3. The lowest BCUT2D eigenvalue weighted by molar-refractivity contribution is -0.133. The Labute approximate surface area is 113 Å². The van der Waals surface area contributed by atoms with Gasteiger partial charge >= 0.3 is 0 Å². The second-order valence-electron chi connectivity index (χ2n) is 5.36. The van der Waals surface area contributed by atoms with E-state index in [-0.39, 0.29) is 11.8 Å². The molecule has 19 heavy (non-hydrogen) atoms. The average Bonchev–Trinajstić information content (AvgIpc) is 2.80. The molecule has 5 nitrogen and oxygen atoms in total. The predicted molar refractivity (Wildman–Crippen MR) is 72.8 cm³/mol. The van der Waals surface area contributed by atoms with Crippen molar-refractivity contribution in [2.75, 3.05) is 13.1 Å². The lowest BCUT2D eigenvalue weighted by Crippen LogP contribution is -2.63. The minimum Gasteiger partial charge on any atom is -0.352 e. The maximum atomic E-state index is 12.6. The molecule has 1 saturated heterocycles. The molecule has 0 unspecified atom stereocenters. The zero-order valence-corrected chi connectivity index (χ0v) is 11.8. The van der Waals surface area contributed by atoms with Gasteiger partial charge < -0.3 is 14.8 Å². The fraction of sp³-hybridized carbons (Fsp3) is 0.571. The average molecular weight is 263 g/mol. The van der Waals surface area contributed by atoms with Gasteiger partial charge in [-0.3, -0.25) is 9.59 Å². The summed E-state index contributed by atoms with van der Waals surface area (Å²) in [6.07, 6.45) is 2.88. The second kappa shape index (κ2) is 5.07. The fourth-order valence-corrected chi connectivity index (χ4v) is 2.44. The lowest BCUT2D eigenvalue weighted by Gasteiger charge is -2.41.